The monoisotopic (exact) mass is 288 g/mol. The number of carbonyl (C=O) groups excluding carboxylic acids is 1. The number of rotatable bonds is 2. The predicted molar refractivity (Wildman–Crippen MR) is 75.8 cm³/mol. The molecule has 1 aromatic heterocycles. The first-order chi connectivity index (χ1) is 9.54. The Morgan fingerprint density at radius 1 is 1.15 bits per heavy atom. The number of fused-ring (bicyclic) bond motifs is 1. The molecule has 2 aromatic carbocycles. The molecule has 0 unspecified atom stereocenters. The van der Waals surface area contributed by atoms with E-state index in [1.54, 1.807) is 24.3 Å². The summed E-state index contributed by atoms with van der Waals surface area (Å²) < 4.78 is 18.6. The highest BCUT2D eigenvalue weighted by Crippen LogP contribution is 2.24. The molecule has 0 bridgehead atoms. The predicted octanol–water partition coefficient (Wildman–Crippen LogP) is 4.76. The van der Waals surface area contributed by atoms with Crippen molar-refractivity contribution in [1.29, 1.82) is 0 Å². The number of hydrogen-bond acceptors (Lipinski definition) is 2. The van der Waals surface area contributed by atoms with E-state index in [4.69, 9.17) is 16.0 Å². The minimum Gasteiger partial charge on any atom is -0.453 e. The minimum absolute atomic E-state index is 0.177. The molecule has 100 valence electrons. The van der Waals surface area contributed by atoms with Gasteiger partial charge in [0.1, 0.15) is 11.4 Å². The molecule has 3 aromatic rings. The van der Waals surface area contributed by atoms with Gasteiger partial charge in [-0.15, -0.1) is 0 Å². The first-order valence-electron chi connectivity index (χ1n) is 6.04. The fourth-order valence-corrected chi connectivity index (χ4v) is 2.27. The van der Waals surface area contributed by atoms with E-state index >= 15 is 0 Å². The van der Waals surface area contributed by atoms with Crippen LogP contribution >= 0.6 is 11.6 Å². The van der Waals surface area contributed by atoms with Gasteiger partial charge >= 0.3 is 0 Å². The van der Waals surface area contributed by atoms with Crippen molar-refractivity contribution in [2.75, 3.05) is 0 Å². The van der Waals surface area contributed by atoms with E-state index in [0.717, 1.165) is 5.56 Å². The third kappa shape index (κ3) is 2.21. The van der Waals surface area contributed by atoms with Crippen molar-refractivity contribution in [3.63, 3.8) is 0 Å². The van der Waals surface area contributed by atoms with Crippen LogP contribution in [0.5, 0.6) is 0 Å². The number of furan rings is 1. The maximum absolute atomic E-state index is 13.1. The lowest BCUT2D eigenvalue weighted by Crippen LogP contribution is -2.02. The Labute approximate surface area is 119 Å². The molecule has 0 atom stereocenters. The summed E-state index contributed by atoms with van der Waals surface area (Å²) >= 11 is 5.92. The second-order valence-corrected chi connectivity index (χ2v) is 5.02. The molecule has 1 heterocycles. The SMILES string of the molecule is Cc1ccc(Cl)cc1C(=O)c1cc2cc(F)ccc2o1. The van der Waals surface area contributed by atoms with Gasteiger partial charge in [-0.1, -0.05) is 17.7 Å². The summed E-state index contributed by atoms with van der Waals surface area (Å²) in [6.45, 7) is 1.83. The quantitative estimate of drug-likeness (QED) is 0.636. The van der Waals surface area contributed by atoms with Crippen molar-refractivity contribution in [1.82, 2.24) is 0 Å². The van der Waals surface area contributed by atoms with Gasteiger partial charge in [-0.3, -0.25) is 4.79 Å². The van der Waals surface area contributed by atoms with Crippen molar-refractivity contribution in [2.24, 2.45) is 0 Å². The number of halogens is 2. The topological polar surface area (TPSA) is 30.2 Å². The van der Waals surface area contributed by atoms with E-state index < -0.39 is 0 Å². The third-order valence-electron chi connectivity index (χ3n) is 3.15. The van der Waals surface area contributed by atoms with Crippen molar-refractivity contribution in [2.45, 2.75) is 6.92 Å². The van der Waals surface area contributed by atoms with Crippen molar-refractivity contribution >= 4 is 28.4 Å². The second kappa shape index (κ2) is 4.76. The highest BCUT2D eigenvalue weighted by Gasteiger charge is 2.17. The number of carbonyl (C=O) groups is 1. The Balaban J connectivity index is 2.10. The van der Waals surface area contributed by atoms with Crippen LogP contribution < -0.4 is 0 Å². The highest BCUT2D eigenvalue weighted by molar-refractivity contribution is 6.31. The molecule has 0 amide bonds. The maximum Gasteiger partial charge on any atom is 0.228 e. The normalized spacial score (nSPS) is 10.9. The minimum atomic E-state index is -0.365. The fourth-order valence-electron chi connectivity index (χ4n) is 2.10. The van der Waals surface area contributed by atoms with Gasteiger partial charge in [0.05, 0.1) is 0 Å². The number of benzene rings is 2. The molecule has 2 nitrogen and oxygen atoms in total. The van der Waals surface area contributed by atoms with Crippen LogP contribution in [0.3, 0.4) is 0 Å². The molecular formula is C16H10ClFO2. The van der Waals surface area contributed by atoms with Crippen LogP contribution in [-0.4, -0.2) is 5.78 Å². The molecule has 0 N–H and O–H groups in total. The molecule has 0 fully saturated rings. The summed E-state index contributed by atoms with van der Waals surface area (Å²) in [5, 5.41) is 1.05. The average Bonchev–Trinajstić information content (AvgIpc) is 2.83. The summed E-state index contributed by atoms with van der Waals surface area (Å²) in [5.41, 5.74) is 1.78. The molecule has 0 saturated heterocycles. The summed E-state index contributed by atoms with van der Waals surface area (Å²) in [6, 6.07) is 10.8. The number of aryl methyl sites for hydroxylation is 1. The molecule has 0 aliphatic carbocycles. The lowest BCUT2D eigenvalue weighted by molar-refractivity contribution is 0.101. The van der Waals surface area contributed by atoms with Crippen molar-refractivity contribution in [3.05, 3.63) is 70.2 Å². The van der Waals surface area contributed by atoms with Crippen LogP contribution in [0.15, 0.2) is 46.9 Å². The van der Waals surface area contributed by atoms with Crippen LogP contribution in [-0.2, 0) is 0 Å². The van der Waals surface area contributed by atoms with Crippen LogP contribution in [0.4, 0.5) is 4.39 Å². The van der Waals surface area contributed by atoms with Crippen LogP contribution in [0.25, 0.3) is 11.0 Å². The Morgan fingerprint density at radius 3 is 2.75 bits per heavy atom. The van der Waals surface area contributed by atoms with Gasteiger partial charge < -0.3 is 4.42 Å². The van der Waals surface area contributed by atoms with Crippen molar-refractivity contribution < 1.29 is 13.6 Å². The van der Waals surface area contributed by atoms with E-state index in [1.165, 1.54) is 18.2 Å². The van der Waals surface area contributed by atoms with Crippen molar-refractivity contribution in [3.8, 4) is 0 Å². The summed E-state index contributed by atoms with van der Waals surface area (Å²) in [4.78, 5) is 12.4. The lowest BCUT2D eigenvalue weighted by atomic mass is 10.0. The van der Waals surface area contributed by atoms with Gasteiger partial charge in [-0.2, -0.15) is 0 Å². The molecular weight excluding hydrogens is 279 g/mol. The Hall–Kier alpha value is -2.13. The number of ketones is 1. The van der Waals surface area contributed by atoms with Crippen LogP contribution in [0.1, 0.15) is 21.7 Å². The average molecular weight is 289 g/mol. The lowest BCUT2D eigenvalue weighted by Gasteiger charge is -2.03. The van der Waals surface area contributed by atoms with E-state index in [1.807, 2.05) is 6.92 Å². The molecule has 0 saturated carbocycles. The highest BCUT2D eigenvalue weighted by atomic mass is 35.5. The fraction of sp³-hybridized carbons (Fsp3) is 0.0625. The molecule has 0 radical (unpaired) electrons. The van der Waals surface area contributed by atoms with Gasteiger partial charge in [-0.05, 0) is 48.9 Å². The van der Waals surface area contributed by atoms with Gasteiger partial charge in [-0.25, -0.2) is 4.39 Å². The first kappa shape index (κ1) is 12.9. The molecule has 3 rings (SSSR count). The van der Waals surface area contributed by atoms with E-state index in [0.29, 0.717) is 21.6 Å². The molecule has 20 heavy (non-hydrogen) atoms. The Morgan fingerprint density at radius 2 is 1.95 bits per heavy atom. The molecule has 0 aliphatic rings. The zero-order valence-corrected chi connectivity index (χ0v) is 11.4. The zero-order chi connectivity index (χ0) is 14.3. The first-order valence-corrected chi connectivity index (χ1v) is 6.42. The van der Waals surface area contributed by atoms with Crippen LogP contribution in [0, 0.1) is 12.7 Å². The van der Waals surface area contributed by atoms with Gasteiger partial charge in [0, 0.05) is 16.0 Å². The van der Waals surface area contributed by atoms with E-state index in [9.17, 15) is 9.18 Å². The van der Waals surface area contributed by atoms with E-state index in [-0.39, 0.29) is 17.4 Å². The molecule has 0 spiro atoms. The zero-order valence-electron chi connectivity index (χ0n) is 10.6. The summed E-state index contributed by atoms with van der Waals surface area (Å²) in [5.74, 6) is -0.450. The Kier molecular flexibility index (Phi) is 3.07. The Bertz CT molecular complexity index is 820. The summed E-state index contributed by atoms with van der Waals surface area (Å²) in [7, 11) is 0. The largest absolute Gasteiger partial charge is 0.453 e. The molecule has 0 aliphatic heterocycles. The third-order valence-corrected chi connectivity index (χ3v) is 3.38. The van der Waals surface area contributed by atoms with Crippen LogP contribution in [0.2, 0.25) is 5.02 Å². The summed E-state index contributed by atoms with van der Waals surface area (Å²) in [6.07, 6.45) is 0. The molecule has 4 heteroatoms. The van der Waals surface area contributed by atoms with E-state index in [2.05, 4.69) is 0 Å². The second-order valence-electron chi connectivity index (χ2n) is 4.58. The van der Waals surface area contributed by atoms with Gasteiger partial charge in [0.15, 0.2) is 5.76 Å². The standard InChI is InChI=1S/C16H10ClFO2/c1-9-2-3-11(17)8-13(9)16(19)15-7-10-6-12(18)4-5-14(10)20-15/h2-8H,1H3. The number of hydrogen-bond donors (Lipinski definition) is 0. The smallest absolute Gasteiger partial charge is 0.228 e. The van der Waals surface area contributed by atoms with Gasteiger partial charge in [0.25, 0.3) is 0 Å². The maximum atomic E-state index is 13.1. The van der Waals surface area contributed by atoms with Gasteiger partial charge in [0.2, 0.25) is 5.78 Å².